The van der Waals surface area contributed by atoms with E-state index in [4.69, 9.17) is 38.4 Å². The van der Waals surface area contributed by atoms with E-state index in [2.05, 4.69) is 321 Å². The van der Waals surface area contributed by atoms with Gasteiger partial charge in [-0.15, -0.1) is 0 Å². The third kappa shape index (κ3) is 34.9. The van der Waals surface area contributed by atoms with E-state index in [1.54, 1.807) is 6.33 Å². The molecule has 0 amide bonds. The minimum Gasteiger partial charge on any atom is -0.793 e. The molecule has 3 aliphatic heterocycles. The molecule has 15 aromatic rings. The number of carbonyl (C=O) groups is 3. The summed E-state index contributed by atoms with van der Waals surface area (Å²) in [5.41, 5.74) is 20.0. The second-order valence-electron chi connectivity index (χ2n) is 32.2. The molecule has 9 aromatic carbocycles. The van der Waals surface area contributed by atoms with Crippen molar-refractivity contribution in [1.29, 1.82) is 0 Å². The monoisotopic (exact) mass is 2350 g/mol. The standard InChI is InChI=1S/C30H30IN3O4.C22H24IN3O2.C14H17IN2O.C13H15IN2.C13H16N2.C9H8N2.C4H6O4.C2H3BO2.Na/c1-2-3-13-34-24(29(32-30(34)31)23-7-5-4-6-8-23)18-33(16-21-9-11-25-27(14-21)37-19-35-25)17-22-10-12-26-28(15-22)38-20-36-26;1-2-3-11-26-18(21(25-22(26)23)17-7-5-4-6-8-17)14-24-13-16-9-10-19-20(12-16)28-15-27-19;1-2-3-9-17-12(10-18)13(16-14(17)15)11-7-5-4-6-8-11;1-2-3-9-16-10-12(15-13(16)14)11-7-5-4-6-8-11;1-2-3-9-15-10-13(14-11-15)12-7-5-4-6-8-12;1-2-4-8(5-3-1)9-6-10-7-11-9;1-3(5)7-8-4(2)6;1-2(4)5-3;/h4-12,14-15H,2-3,13,16-20H2,1H3;4-10,12,24H,2-3,11,13-15H2,1H3;4-8,18H,2-3,9-10H2,1H3;4-8,10H,2-3,9H2,1H3;4-8,10-11H,2-3,9H2,1H3;1-7H,(H,10,11);1-2H3;1H3;/q;;;;;;;-1;+1. The van der Waals surface area contributed by atoms with Gasteiger partial charge < -0.3 is 79.4 Å². The van der Waals surface area contributed by atoms with Crippen LogP contribution in [0.2, 0.25) is 0 Å². The summed E-state index contributed by atoms with van der Waals surface area (Å²) in [5.74, 6) is 3.11. The van der Waals surface area contributed by atoms with Crippen molar-refractivity contribution in [2.45, 2.75) is 192 Å². The maximum absolute atomic E-state index is 9.85. The third-order valence-corrected chi connectivity index (χ3v) is 25.1. The molecule has 33 heteroatoms. The summed E-state index contributed by atoms with van der Waals surface area (Å²) in [6, 6.07) is 80.2. The SMILES string of the molecule is CC(=O)OOC(C)=O.CCCCn1c(I)nc(-c2ccccc2)c1CN(Cc1ccc2c(c1)OCO2)Cc1ccc2c(c1)OCO2.CCCCn1c(I)nc(-c2ccccc2)c1CNCc1ccc2c(c1)OCO2.CCCCn1c(I)nc(-c2ccccc2)c1CO.CCCCn1cc(-c2ccccc2)nc1I.CCCCn1cnc(-c2ccccc2)c1.[B-]OC(C)=O.[Na+].c1ccc(-c2cnc[nH]2)cc1. The van der Waals surface area contributed by atoms with Crippen LogP contribution in [-0.2, 0) is 101 Å². The maximum Gasteiger partial charge on any atom is 1.00 e. The number of imidazole rings is 6. The molecule has 0 saturated heterocycles. The van der Waals surface area contributed by atoms with Crippen molar-refractivity contribution >= 4 is 116 Å². The second-order valence-corrected chi connectivity index (χ2v) is 36.1. The zero-order valence-corrected chi connectivity index (χ0v) is 91.3. The van der Waals surface area contributed by atoms with Gasteiger partial charge in [0.05, 0.1) is 76.7 Å². The van der Waals surface area contributed by atoms with Crippen LogP contribution in [0.5, 0.6) is 34.5 Å². The minimum atomic E-state index is -0.639. The Morgan fingerprint density at radius 3 is 1.21 bits per heavy atom. The molecule has 9 heterocycles. The Kier molecular flexibility index (Phi) is 48.1. The Hall–Kier alpha value is -10.7. The number of unbranched alkanes of at least 4 members (excludes halogenated alkanes) is 5. The van der Waals surface area contributed by atoms with E-state index in [0.29, 0.717) is 6.79 Å². The number of ether oxygens (including phenoxy) is 6. The van der Waals surface area contributed by atoms with Crippen LogP contribution in [-0.4, -0.2) is 114 Å². The number of aromatic nitrogens is 12. The molecule has 18 rings (SSSR count). The zero-order chi connectivity index (χ0) is 98.5. The molecule has 27 nitrogen and oxygen atoms in total. The van der Waals surface area contributed by atoms with Crippen LogP contribution in [0, 0.1) is 15.3 Å². The molecular weight excluding hydrogens is 2230 g/mol. The van der Waals surface area contributed by atoms with Crippen molar-refractivity contribution in [1.82, 2.24) is 67.9 Å². The molecule has 0 spiro atoms. The molecule has 6 aromatic heterocycles. The van der Waals surface area contributed by atoms with Gasteiger partial charge in [0.2, 0.25) is 26.3 Å². The minimum absolute atomic E-state index is 0. The van der Waals surface area contributed by atoms with Gasteiger partial charge >= 0.3 is 41.5 Å². The van der Waals surface area contributed by atoms with Crippen molar-refractivity contribution in [2.75, 3.05) is 20.4 Å². The Balaban J connectivity index is 0.000000175. The molecule has 3 aliphatic rings. The largest absolute Gasteiger partial charge is 1.00 e. The molecule has 0 unspecified atom stereocenters. The van der Waals surface area contributed by atoms with Crippen LogP contribution >= 0.6 is 90.4 Å². The van der Waals surface area contributed by atoms with E-state index in [1.165, 1.54) is 83.8 Å². The van der Waals surface area contributed by atoms with E-state index in [0.717, 1.165) is 218 Å². The van der Waals surface area contributed by atoms with Gasteiger partial charge in [-0.25, -0.2) is 49.3 Å². The van der Waals surface area contributed by atoms with E-state index < -0.39 is 17.9 Å². The average molecular weight is 2350 g/mol. The summed E-state index contributed by atoms with van der Waals surface area (Å²) in [7, 11) is 4.32. The quantitative estimate of drug-likeness (QED) is 0.0153. The van der Waals surface area contributed by atoms with E-state index in [9.17, 15) is 19.5 Å². The van der Waals surface area contributed by atoms with Gasteiger partial charge in [-0.2, -0.15) is 0 Å². The molecule has 3 N–H and O–H groups in total. The number of aliphatic hydroxyl groups is 1. The number of fused-ring (bicyclic) bond motifs is 3. The van der Waals surface area contributed by atoms with Crippen LogP contribution in [0.4, 0.5) is 0 Å². The number of rotatable bonds is 32. The van der Waals surface area contributed by atoms with Crippen molar-refractivity contribution in [3.05, 3.63) is 317 Å². The first-order chi connectivity index (χ1) is 67.8. The zero-order valence-electron chi connectivity index (χ0n) is 80.7. The first kappa shape index (κ1) is 111. The van der Waals surface area contributed by atoms with Crippen molar-refractivity contribution < 1.29 is 91.9 Å². The number of hydrogen-bond donors (Lipinski definition) is 3. The number of halogens is 4. The number of hydrogen-bond acceptors (Lipinski definition) is 21. The molecule has 0 saturated carbocycles. The summed E-state index contributed by atoms with van der Waals surface area (Å²) in [4.78, 5) is 69.7. The molecule has 0 fully saturated rings. The van der Waals surface area contributed by atoms with E-state index in [-0.39, 0.29) is 49.8 Å². The van der Waals surface area contributed by atoms with Crippen LogP contribution < -0.4 is 63.3 Å². The number of benzene rings is 9. The summed E-state index contributed by atoms with van der Waals surface area (Å²) >= 11 is 9.27. The number of aliphatic hydroxyl groups excluding tert-OH is 1. The number of nitrogens with zero attached hydrogens (tertiary/aromatic N) is 12. The summed E-state index contributed by atoms with van der Waals surface area (Å²) < 4.78 is 52.2. The summed E-state index contributed by atoms with van der Waals surface area (Å²) in [5, 5.41) is 13.2. The summed E-state index contributed by atoms with van der Waals surface area (Å²) in [6.45, 7) is 24.2. The molecule has 140 heavy (non-hydrogen) atoms. The van der Waals surface area contributed by atoms with Gasteiger partial charge in [-0.3, -0.25) is 9.69 Å². The fourth-order valence-electron chi connectivity index (χ4n) is 14.7. The fourth-order valence-corrected chi connectivity index (χ4v) is 17.6. The second kappa shape index (κ2) is 60.6. The fraction of sp³-hybridized carbons (Fsp3) is 0.299. The predicted octanol–water partition coefficient (Wildman–Crippen LogP) is 21.1. The first-order valence-corrected chi connectivity index (χ1v) is 50.8. The normalized spacial score (nSPS) is 11.3. The molecule has 0 bridgehead atoms. The number of aryl methyl sites for hydroxylation is 2. The Bertz CT molecular complexity index is 6150. The van der Waals surface area contributed by atoms with Gasteiger partial charge in [0.15, 0.2) is 49.8 Å². The van der Waals surface area contributed by atoms with E-state index in [1.807, 2.05) is 146 Å². The number of H-pyrrole nitrogens is 1. The van der Waals surface area contributed by atoms with Crippen LogP contribution in [0.15, 0.2) is 268 Å². The van der Waals surface area contributed by atoms with Gasteiger partial charge in [-0.1, -0.05) is 267 Å². The Labute approximate surface area is 898 Å². The molecule has 0 aliphatic carbocycles. The predicted molar refractivity (Wildman–Crippen MR) is 576 cm³/mol. The Morgan fingerprint density at radius 2 is 0.793 bits per heavy atom. The number of aromatic amines is 1. The van der Waals surface area contributed by atoms with Crippen LogP contribution in [0.1, 0.15) is 153 Å². The topological polar surface area (TPSA) is 288 Å². The molecule has 3 radical (unpaired) electrons. The van der Waals surface area contributed by atoms with Crippen molar-refractivity contribution in [3.8, 4) is 102 Å². The molecular formula is C107H119BI4N14NaO13. The van der Waals surface area contributed by atoms with Crippen LogP contribution in [0.3, 0.4) is 0 Å². The Morgan fingerprint density at radius 1 is 0.421 bits per heavy atom. The molecule has 0 atom stereocenters. The third-order valence-electron chi connectivity index (χ3n) is 21.7. The molecule has 727 valence electrons. The van der Waals surface area contributed by atoms with Crippen LogP contribution in [0.25, 0.3) is 67.5 Å². The van der Waals surface area contributed by atoms with Crippen molar-refractivity contribution in [3.63, 3.8) is 0 Å². The van der Waals surface area contributed by atoms with Gasteiger partial charge in [-0.05, 0) is 181 Å². The number of carbonyl (C=O) groups excluding carboxylic acids is 3. The first-order valence-electron chi connectivity index (χ1n) is 46.5. The number of nitrogens with one attached hydrogen (secondary N) is 2. The average Bonchev–Trinajstić information content (AvgIpc) is 1.63. The van der Waals surface area contributed by atoms with Crippen molar-refractivity contribution in [2.24, 2.45) is 0 Å². The van der Waals surface area contributed by atoms with Gasteiger partial charge in [0.25, 0.3) is 0 Å². The summed E-state index contributed by atoms with van der Waals surface area (Å²) in [6.07, 6.45) is 21.3. The smallest absolute Gasteiger partial charge is 0.793 e. The van der Waals surface area contributed by atoms with Gasteiger partial charge in [0.1, 0.15) is 0 Å². The maximum atomic E-state index is 9.85. The van der Waals surface area contributed by atoms with E-state index >= 15 is 0 Å². The van der Waals surface area contributed by atoms with Gasteiger partial charge in [0, 0.05) is 126 Å².